The molecular weight excluding hydrogens is 206 g/mol. The molecule has 0 aliphatic heterocycles. The van der Waals surface area contributed by atoms with Gasteiger partial charge in [0, 0.05) is 13.2 Å². The highest BCUT2D eigenvalue weighted by Gasteiger charge is 2.26. The number of methoxy groups -OCH3 is 1. The van der Waals surface area contributed by atoms with Crippen molar-refractivity contribution in [2.24, 2.45) is 5.92 Å². The molecule has 0 aromatic carbocycles. The lowest BCUT2D eigenvalue weighted by Gasteiger charge is -2.30. The van der Waals surface area contributed by atoms with E-state index in [-0.39, 0.29) is 17.6 Å². The Morgan fingerprint density at radius 2 is 1.88 bits per heavy atom. The van der Waals surface area contributed by atoms with Crippen molar-refractivity contribution in [1.29, 1.82) is 0 Å². The van der Waals surface area contributed by atoms with Crippen LogP contribution in [0.2, 0.25) is 0 Å². The van der Waals surface area contributed by atoms with E-state index in [2.05, 4.69) is 5.32 Å². The zero-order chi connectivity index (χ0) is 12.9. The molecule has 4 heteroatoms. The first-order valence-corrected chi connectivity index (χ1v) is 5.73. The van der Waals surface area contributed by atoms with Gasteiger partial charge in [-0.3, -0.25) is 4.79 Å². The zero-order valence-corrected chi connectivity index (χ0v) is 11.2. The van der Waals surface area contributed by atoms with Gasteiger partial charge in [-0.15, -0.1) is 0 Å². The summed E-state index contributed by atoms with van der Waals surface area (Å²) in [5.74, 6) is -0.720. The minimum absolute atomic E-state index is 0.0746. The molecule has 2 unspecified atom stereocenters. The van der Waals surface area contributed by atoms with E-state index in [0.717, 1.165) is 6.42 Å². The second-order valence-corrected chi connectivity index (χ2v) is 5.30. The van der Waals surface area contributed by atoms with E-state index < -0.39 is 12.0 Å². The van der Waals surface area contributed by atoms with Crippen LogP contribution >= 0.6 is 0 Å². The van der Waals surface area contributed by atoms with Crippen LogP contribution in [-0.2, 0) is 9.53 Å². The smallest absolute Gasteiger partial charge is 0.320 e. The van der Waals surface area contributed by atoms with Crippen molar-refractivity contribution in [3.05, 3.63) is 0 Å². The van der Waals surface area contributed by atoms with Gasteiger partial charge >= 0.3 is 5.97 Å². The largest absolute Gasteiger partial charge is 0.480 e. The van der Waals surface area contributed by atoms with Crippen molar-refractivity contribution in [2.45, 2.75) is 58.7 Å². The Bertz CT molecular complexity index is 226. The highest BCUT2D eigenvalue weighted by atomic mass is 16.5. The molecular formula is C12H25NO3. The maximum absolute atomic E-state index is 11.0. The van der Waals surface area contributed by atoms with E-state index in [9.17, 15) is 4.79 Å². The summed E-state index contributed by atoms with van der Waals surface area (Å²) in [5.41, 5.74) is -0.230. The molecule has 0 saturated heterocycles. The summed E-state index contributed by atoms with van der Waals surface area (Å²) < 4.78 is 5.32. The second-order valence-electron chi connectivity index (χ2n) is 5.30. The fourth-order valence-corrected chi connectivity index (χ4v) is 1.74. The third kappa shape index (κ3) is 5.47. The van der Waals surface area contributed by atoms with Crippen LogP contribution in [0.1, 0.15) is 41.0 Å². The molecule has 0 spiro atoms. The van der Waals surface area contributed by atoms with E-state index in [0.29, 0.717) is 0 Å². The molecule has 4 nitrogen and oxygen atoms in total. The van der Waals surface area contributed by atoms with Gasteiger partial charge in [-0.25, -0.2) is 0 Å². The van der Waals surface area contributed by atoms with Crippen LogP contribution in [0.5, 0.6) is 0 Å². The first-order valence-electron chi connectivity index (χ1n) is 5.73. The molecule has 0 radical (unpaired) electrons. The number of carbonyl (C=O) groups is 1. The van der Waals surface area contributed by atoms with Gasteiger partial charge in [-0.2, -0.15) is 0 Å². The van der Waals surface area contributed by atoms with Crippen LogP contribution in [0.3, 0.4) is 0 Å². The van der Waals surface area contributed by atoms with Crippen molar-refractivity contribution in [2.75, 3.05) is 7.11 Å². The Kier molecular flexibility index (Phi) is 5.97. The zero-order valence-electron chi connectivity index (χ0n) is 11.2. The lowest BCUT2D eigenvalue weighted by atomic mass is 9.97. The number of rotatable bonds is 7. The standard InChI is InChI=1S/C12H25NO3/c1-8(2)10(11(14)15)13-9(3)7-12(4,5)16-6/h8-10,13H,7H2,1-6H3,(H,14,15). The minimum atomic E-state index is -0.794. The van der Waals surface area contributed by atoms with E-state index in [1.54, 1.807) is 7.11 Å². The number of aliphatic carboxylic acids is 1. The number of carboxylic acids is 1. The molecule has 0 aromatic rings. The highest BCUT2D eigenvalue weighted by Crippen LogP contribution is 2.16. The van der Waals surface area contributed by atoms with Crippen molar-refractivity contribution in [3.8, 4) is 0 Å². The Hall–Kier alpha value is -0.610. The molecule has 96 valence electrons. The first kappa shape index (κ1) is 15.4. The molecule has 0 amide bonds. The number of hydrogen-bond donors (Lipinski definition) is 2. The fraction of sp³-hybridized carbons (Fsp3) is 0.917. The molecule has 0 rings (SSSR count). The monoisotopic (exact) mass is 231 g/mol. The molecule has 0 aromatic heterocycles. The van der Waals surface area contributed by atoms with Crippen molar-refractivity contribution < 1.29 is 14.6 Å². The predicted molar refractivity (Wildman–Crippen MR) is 64.6 cm³/mol. The number of hydrogen-bond acceptors (Lipinski definition) is 3. The third-order valence-electron chi connectivity index (χ3n) is 2.75. The number of ether oxygens (including phenoxy) is 1. The number of nitrogens with one attached hydrogen (secondary N) is 1. The molecule has 0 aliphatic carbocycles. The van der Waals surface area contributed by atoms with Crippen molar-refractivity contribution in [3.63, 3.8) is 0 Å². The highest BCUT2D eigenvalue weighted by molar-refractivity contribution is 5.73. The Morgan fingerprint density at radius 1 is 1.38 bits per heavy atom. The predicted octanol–water partition coefficient (Wildman–Crippen LogP) is 1.89. The van der Waals surface area contributed by atoms with E-state index in [4.69, 9.17) is 9.84 Å². The molecule has 0 heterocycles. The lowest BCUT2D eigenvalue weighted by Crippen LogP contribution is -2.47. The van der Waals surface area contributed by atoms with E-state index in [1.165, 1.54) is 0 Å². The summed E-state index contributed by atoms with van der Waals surface area (Å²) >= 11 is 0. The topological polar surface area (TPSA) is 58.6 Å². The lowest BCUT2D eigenvalue weighted by molar-refractivity contribution is -0.141. The first-order chi connectivity index (χ1) is 7.19. The van der Waals surface area contributed by atoms with Crippen LogP contribution in [0, 0.1) is 5.92 Å². The van der Waals surface area contributed by atoms with Crippen LogP contribution in [0.25, 0.3) is 0 Å². The van der Waals surface area contributed by atoms with Gasteiger partial charge in [0.25, 0.3) is 0 Å². The quantitative estimate of drug-likeness (QED) is 0.702. The SMILES string of the molecule is COC(C)(C)CC(C)NC(C(=O)O)C(C)C. The van der Waals surface area contributed by atoms with Gasteiger partial charge in [-0.1, -0.05) is 13.8 Å². The van der Waals surface area contributed by atoms with E-state index in [1.807, 2.05) is 34.6 Å². The van der Waals surface area contributed by atoms with Crippen LogP contribution in [0.4, 0.5) is 0 Å². The van der Waals surface area contributed by atoms with Gasteiger partial charge in [0.1, 0.15) is 6.04 Å². The molecule has 0 bridgehead atoms. The molecule has 0 aliphatic rings. The summed E-state index contributed by atoms with van der Waals surface area (Å²) in [6, 6.07) is -0.388. The Morgan fingerprint density at radius 3 is 2.19 bits per heavy atom. The normalized spacial score (nSPS) is 16.2. The molecule has 2 N–H and O–H groups in total. The second kappa shape index (κ2) is 6.21. The maximum Gasteiger partial charge on any atom is 0.320 e. The van der Waals surface area contributed by atoms with Gasteiger partial charge in [0.15, 0.2) is 0 Å². The molecule has 16 heavy (non-hydrogen) atoms. The van der Waals surface area contributed by atoms with Crippen molar-refractivity contribution >= 4 is 5.97 Å². The maximum atomic E-state index is 11.0. The summed E-state index contributed by atoms with van der Waals surface area (Å²) in [6.07, 6.45) is 0.778. The summed E-state index contributed by atoms with van der Waals surface area (Å²) in [5, 5.41) is 12.2. The Labute approximate surface area is 98.4 Å². The Balaban J connectivity index is 4.31. The molecule has 2 atom stereocenters. The summed E-state index contributed by atoms with van der Waals surface area (Å²) in [4.78, 5) is 11.0. The fourth-order valence-electron chi connectivity index (χ4n) is 1.74. The van der Waals surface area contributed by atoms with Crippen molar-refractivity contribution in [1.82, 2.24) is 5.32 Å². The average Bonchev–Trinajstić information content (AvgIpc) is 2.12. The number of carboxylic acid groups (broad SMARTS) is 1. The van der Waals surface area contributed by atoms with Crippen LogP contribution in [0.15, 0.2) is 0 Å². The van der Waals surface area contributed by atoms with E-state index >= 15 is 0 Å². The van der Waals surface area contributed by atoms with Gasteiger partial charge in [0.05, 0.1) is 5.60 Å². The van der Waals surface area contributed by atoms with Gasteiger partial charge in [0.2, 0.25) is 0 Å². The van der Waals surface area contributed by atoms with Gasteiger partial charge in [-0.05, 0) is 33.1 Å². The molecule has 0 saturated carbocycles. The summed E-state index contributed by atoms with van der Waals surface area (Å²) in [7, 11) is 1.67. The van der Waals surface area contributed by atoms with Gasteiger partial charge < -0.3 is 15.2 Å². The average molecular weight is 231 g/mol. The minimum Gasteiger partial charge on any atom is -0.480 e. The third-order valence-corrected chi connectivity index (χ3v) is 2.75. The van der Waals surface area contributed by atoms with Crippen LogP contribution < -0.4 is 5.32 Å². The van der Waals surface area contributed by atoms with Crippen LogP contribution in [-0.4, -0.2) is 35.9 Å². The molecule has 0 fully saturated rings. The summed E-state index contributed by atoms with van der Waals surface area (Å²) in [6.45, 7) is 9.78.